The van der Waals surface area contributed by atoms with Crippen molar-refractivity contribution < 1.29 is 22.0 Å². The molecule has 1 aromatic carbocycles. The molecule has 2 N–H and O–H groups in total. The zero-order valence-corrected chi connectivity index (χ0v) is 15.6. The van der Waals surface area contributed by atoms with Crippen molar-refractivity contribution in [2.24, 2.45) is 0 Å². The number of aromatic nitrogens is 1. The lowest BCUT2D eigenvalue weighted by Gasteiger charge is -2.13. The van der Waals surface area contributed by atoms with Crippen LogP contribution in [-0.2, 0) is 27.9 Å². The monoisotopic (exact) mass is 399 g/mol. The second-order valence-electron chi connectivity index (χ2n) is 5.84. The van der Waals surface area contributed by atoms with E-state index in [1.54, 1.807) is 6.92 Å². The van der Waals surface area contributed by atoms with Gasteiger partial charge in [-0.3, -0.25) is 14.3 Å². The Morgan fingerprint density at radius 1 is 1.15 bits per heavy atom. The molecule has 0 aliphatic carbocycles. The van der Waals surface area contributed by atoms with Crippen LogP contribution in [0.5, 0.6) is 0 Å². The molecule has 0 fully saturated rings. The summed E-state index contributed by atoms with van der Waals surface area (Å²) in [6.45, 7) is 2.53. The lowest BCUT2D eigenvalue weighted by molar-refractivity contribution is -0.121. The summed E-state index contributed by atoms with van der Waals surface area (Å²) in [5, 5.41) is 2.46. The zero-order chi connectivity index (χ0) is 20.2. The molecule has 1 heterocycles. The molecule has 7 nitrogen and oxygen atoms in total. The van der Waals surface area contributed by atoms with Crippen LogP contribution in [0, 0.1) is 18.6 Å². The minimum atomic E-state index is -3.64. The Morgan fingerprint density at radius 3 is 2.37 bits per heavy atom. The van der Waals surface area contributed by atoms with E-state index in [-0.39, 0.29) is 30.1 Å². The number of pyridine rings is 1. The second-order valence-corrected chi connectivity index (χ2v) is 7.85. The third-order valence-corrected chi connectivity index (χ3v) is 5.04. The number of carbonyl (C=O) groups excluding carboxylic acids is 1. The predicted molar refractivity (Wildman–Crippen MR) is 96.7 cm³/mol. The van der Waals surface area contributed by atoms with Gasteiger partial charge in [-0.15, -0.1) is 0 Å². The van der Waals surface area contributed by atoms with Gasteiger partial charge >= 0.3 is 0 Å². The van der Waals surface area contributed by atoms with Crippen LogP contribution in [0.15, 0.2) is 35.1 Å². The van der Waals surface area contributed by atoms with Crippen molar-refractivity contribution in [3.05, 3.63) is 63.6 Å². The van der Waals surface area contributed by atoms with Gasteiger partial charge in [-0.2, -0.15) is 0 Å². The third kappa shape index (κ3) is 5.61. The first-order valence-electron chi connectivity index (χ1n) is 8.04. The molecule has 0 saturated heterocycles. The van der Waals surface area contributed by atoms with Gasteiger partial charge in [0.1, 0.15) is 23.9 Å². The van der Waals surface area contributed by atoms with Crippen LogP contribution >= 0.6 is 0 Å². The molecule has 0 aliphatic heterocycles. The summed E-state index contributed by atoms with van der Waals surface area (Å²) >= 11 is 0. The van der Waals surface area contributed by atoms with Gasteiger partial charge in [0.25, 0.3) is 5.56 Å². The maximum Gasteiger partial charge on any atom is 0.275 e. The molecule has 0 radical (unpaired) electrons. The van der Waals surface area contributed by atoms with Crippen molar-refractivity contribution >= 4 is 21.6 Å². The van der Waals surface area contributed by atoms with E-state index in [0.717, 1.165) is 22.8 Å². The van der Waals surface area contributed by atoms with Gasteiger partial charge in [0.15, 0.2) is 0 Å². The fourth-order valence-corrected chi connectivity index (χ4v) is 2.93. The first-order valence-corrected chi connectivity index (χ1v) is 9.69. The molecule has 1 aromatic heterocycles. The first kappa shape index (κ1) is 20.6. The number of aryl methyl sites for hydroxylation is 1. The van der Waals surface area contributed by atoms with Gasteiger partial charge in [0.2, 0.25) is 15.9 Å². The summed E-state index contributed by atoms with van der Waals surface area (Å²) in [7, 11) is -3.64. The van der Waals surface area contributed by atoms with Crippen LogP contribution in [0.4, 0.5) is 14.5 Å². The number of halogens is 2. The van der Waals surface area contributed by atoms with Crippen molar-refractivity contribution in [3.8, 4) is 0 Å². The van der Waals surface area contributed by atoms with E-state index in [0.29, 0.717) is 5.69 Å². The molecule has 0 saturated carbocycles. The Morgan fingerprint density at radius 2 is 1.78 bits per heavy atom. The number of hydrogen-bond donors (Lipinski definition) is 2. The van der Waals surface area contributed by atoms with Crippen LogP contribution in [-0.4, -0.2) is 24.6 Å². The van der Waals surface area contributed by atoms with E-state index in [1.807, 2.05) is 0 Å². The van der Waals surface area contributed by atoms with Crippen molar-refractivity contribution in [1.29, 1.82) is 0 Å². The highest BCUT2D eigenvalue weighted by molar-refractivity contribution is 7.92. The average molecular weight is 399 g/mol. The molecule has 0 spiro atoms. The van der Waals surface area contributed by atoms with Crippen LogP contribution < -0.4 is 15.6 Å². The van der Waals surface area contributed by atoms with Crippen LogP contribution in [0.3, 0.4) is 0 Å². The maximum atomic E-state index is 13.2. The molecular formula is C17H19F2N3O4S. The van der Waals surface area contributed by atoms with Gasteiger partial charge in [-0.25, -0.2) is 17.2 Å². The molecule has 27 heavy (non-hydrogen) atoms. The lowest BCUT2D eigenvalue weighted by atomic mass is 10.2. The van der Waals surface area contributed by atoms with E-state index < -0.39 is 33.1 Å². The standard InChI is InChI=1S/C17H19F2N3O4S/c1-3-27(25,26)21-15-5-4-11(2)22(17(15)24)10-16(23)20-9-12-6-13(18)8-14(19)7-12/h4-8,21H,3,9-10H2,1-2H3,(H,20,23). The van der Waals surface area contributed by atoms with Crippen molar-refractivity contribution in [3.63, 3.8) is 0 Å². The number of rotatable bonds is 7. The normalized spacial score (nSPS) is 11.3. The SMILES string of the molecule is CCS(=O)(=O)Nc1ccc(C)n(CC(=O)NCc2cc(F)cc(F)c2)c1=O. The second kappa shape index (κ2) is 8.30. The highest BCUT2D eigenvalue weighted by Gasteiger charge is 2.14. The quantitative estimate of drug-likeness (QED) is 0.738. The van der Waals surface area contributed by atoms with E-state index in [1.165, 1.54) is 19.1 Å². The topological polar surface area (TPSA) is 97.3 Å². The number of benzene rings is 1. The minimum Gasteiger partial charge on any atom is -0.350 e. The molecule has 0 unspecified atom stereocenters. The summed E-state index contributed by atoms with van der Waals surface area (Å²) in [5.74, 6) is -2.30. The Labute approximate surface area is 155 Å². The number of anilines is 1. The number of carbonyl (C=O) groups is 1. The Kier molecular flexibility index (Phi) is 6.32. The number of nitrogens with one attached hydrogen (secondary N) is 2. The van der Waals surface area contributed by atoms with Gasteiger partial charge in [0, 0.05) is 18.3 Å². The van der Waals surface area contributed by atoms with E-state index in [9.17, 15) is 26.8 Å². The van der Waals surface area contributed by atoms with Crippen LogP contribution in [0.1, 0.15) is 18.2 Å². The van der Waals surface area contributed by atoms with E-state index in [4.69, 9.17) is 0 Å². The van der Waals surface area contributed by atoms with Crippen molar-refractivity contribution in [2.45, 2.75) is 26.9 Å². The van der Waals surface area contributed by atoms with Crippen molar-refractivity contribution in [2.75, 3.05) is 10.5 Å². The largest absolute Gasteiger partial charge is 0.350 e. The predicted octanol–water partition coefficient (Wildman–Crippen LogP) is 1.51. The summed E-state index contributed by atoms with van der Waals surface area (Å²) in [6, 6.07) is 5.72. The Balaban J connectivity index is 2.14. The number of sulfonamides is 1. The molecule has 10 heteroatoms. The fourth-order valence-electron chi connectivity index (χ4n) is 2.30. The summed E-state index contributed by atoms with van der Waals surface area (Å²) in [6.07, 6.45) is 0. The number of hydrogen-bond acceptors (Lipinski definition) is 4. The minimum absolute atomic E-state index is 0.122. The highest BCUT2D eigenvalue weighted by Crippen LogP contribution is 2.08. The molecule has 2 aromatic rings. The number of amides is 1. The Hall–Kier alpha value is -2.75. The van der Waals surface area contributed by atoms with Gasteiger partial charge in [0.05, 0.1) is 5.75 Å². The molecule has 146 valence electrons. The maximum absolute atomic E-state index is 13.2. The average Bonchev–Trinajstić information content (AvgIpc) is 2.58. The van der Waals surface area contributed by atoms with Gasteiger partial charge < -0.3 is 9.88 Å². The molecule has 0 bridgehead atoms. The third-order valence-electron chi connectivity index (χ3n) is 3.75. The molecule has 2 rings (SSSR count). The molecule has 0 aliphatic rings. The zero-order valence-electron chi connectivity index (χ0n) is 14.8. The first-order chi connectivity index (χ1) is 12.6. The fraction of sp³-hybridized carbons (Fsp3) is 0.294. The van der Waals surface area contributed by atoms with E-state index in [2.05, 4.69) is 10.0 Å². The van der Waals surface area contributed by atoms with Crippen LogP contribution in [0.25, 0.3) is 0 Å². The van der Waals surface area contributed by atoms with Crippen molar-refractivity contribution in [1.82, 2.24) is 9.88 Å². The van der Waals surface area contributed by atoms with Gasteiger partial charge in [-0.1, -0.05) is 0 Å². The smallest absolute Gasteiger partial charge is 0.275 e. The lowest BCUT2D eigenvalue weighted by Crippen LogP contribution is -2.34. The van der Waals surface area contributed by atoms with Crippen LogP contribution in [0.2, 0.25) is 0 Å². The van der Waals surface area contributed by atoms with Gasteiger partial charge in [-0.05, 0) is 43.7 Å². The van der Waals surface area contributed by atoms with E-state index >= 15 is 0 Å². The summed E-state index contributed by atoms with van der Waals surface area (Å²) in [4.78, 5) is 24.6. The summed E-state index contributed by atoms with van der Waals surface area (Å²) in [5.41, 5.74) is -0.151. The number of nitrogens with zero attached hydrogens (tertiary/aromatic N) is 1. The Bertz CT molecular complexity index is 999. The molecule has 1 amide bonds. The molecule has 0 atom stereocenters. The highest BCUT2D eigenvalue weighted by atomic mass is 32.2. The summed E-state index contributed by atoms with van der Waals surface area (Å²) < 4.78 is 52.9. The molecular weight excluding hydrogens is 380 g/mol.